The van der Waals surface area contributed by atoms with Crippen LogP contribution in [0.5, 0.6) is 0 Å². The average Bonchev–Trinajstić information content (AvgIpc) is 3.56. The zero-order chi connectivity index (χ0) is 53.5. The summed E-state index contributed by atoms with van der Waals surface area (Å²) in [7, 11) is 3.34. The van der Waals surface area contributed by atoms with Crippen LogP contribution in [-0.4, -0.2) is 78.5 Å². The lowest BCUT2D eigenvalue weighted by atomic mass is 9.63. The summed E-state index contributed by atoms with van der Waals surface area (Å²) in [6, 6.07) is 29.4. The minimum atomic E-state index is -1.19. The number of aliphatic carboxylic acids is 1. The number of carbonyl (C=O) groups excluding carboxylic acids is 5. The van der Waals surface area contributed by atoms with Crippen molar-refractivity contribution in [2.24, 2.45) is 50.2 Å². The molecule has 0 saturated heterocycles. The number of likely N-dealkylation sites (N-methyl/N-ethyl adjacent to an activating group) is 2. The van der Waals surface area contributed by atoms with Crippen molar-refractivity contribution in [2.75, 3.05) is 23.9 Å². The van der Waals surface area contributed by atoms with Crippen molar-refractivity contribution >= 4 is 81.5 Å². The molecule has 75 heavy (non-hydrogen) atoms. The van der Waals surface area contributed by atoms with Crippen molar-refractivity contribution in [1.82, 2.24) is 10.6 Å². The molecule has 4 unspecified atom stereocenters. The van der Waals surface area contributed by atoms with Gasteiger partial charge in [-0.3, -0.25) is 28.8 Å². The summed E-state index contributed by atoms with van der Waals surface area (Å²) in [5.74, 6) is -4.03. The first-order valence-electron chi connectivity index (χ1n) is 25.8. The van der Waals surface area contributed by atoms with Crippen LogP contribution in [0.3, 0.4) is 0 Å². The number of carbonyl (C=O) groups is 6. The van der Waals surface area contributed by atoms with Crippen molar-refractivity contribution in [2.45, 2.75) is 125 Å². The van der Waals surface area contributed by atoms with Crippen LogP contribution in [0.2, 0.25) is 10.0 Å². The Hall–Kier alpha value is -6.38. The minimum absolute atomic E-state index is 0. The number of hydrogen-bond acceptors (Lipinski definition) is 8. The molecule has 4 atom stereocenters. The van der Waals surface area contributed by atoms with E-state index in [1.54, 1.807) is 38.4 Å². The fourth-order valence-corrected chi connectivity index (χ4v) is 11.6. The van der Waals surface area contributed by atoms with Gasteiger partial charge >= 0.3 is 5.97 Å². The first-order chi connectivity index (χ1) is 35.3. The van der Waals surface area contributed by atoms with Gasteiger partial charge in [-0.2, -0.15) is 0 Å². The molecule has 4 aliphatic rings. The number of benzene rings is 4. The topological polar surface area (TPSA) is 204 Å². The zero-order valence-corrected chi connectivity index (χ0v) is 44.7. The van der Waals surface area contributed by atoms with Gasteiger partial charge in [0.25, 0.3) is 11.8 Å². The number of benzodiazepines with no additional fused rings is 2. The summed E-state index contributed by atoms with van der Waals surface area (Å²) < 4.78 is 0. The molecule has 0 spiro atoms. The van der Waals surface area contributed by atoms with E-state index < -0.39 is 52.8 Å². The Morgan fingerprint density at radius 3 is 1.29 bits per heavy atom. The van der Waals surface area contributed by atoms with E-state index in [-0.39, 0.29) is 37.0 Å². The lowest BCUT2D eigenvalue weighted by Crippen LogP contribution is -2.54. The number of nitrogens with one attached hydrogen (secondary N) is 2. The predicted octanol–water partition coefficient (Wildman–Crippen LogP) is 10.6. The Bertz CT molecular complexity index is 2590. The maximum atomic E-state index is 13.9. The van der Waals surface area contributed by atoms with E-state index in [4.69, 9.17) is 38.9 Å². The molecule has 8 rings (SSSR count). The maximum Gasteiger partial charge on any atom is 0.310 e. The van der Waals surface area contributed by atoms with Crippen LogP contribution in [-0.2, 0) is 28.8 Å². The summed E-state index contributed by atoms with van der Waals surface area (Å²) in [4.78, 5) is 92.9. The second-order valence-corrected chi connectivity index (χ2v) is 22.0. The van der Waals surface area contributed by atoms with Crippen molar-refractivity contribution in [3.8, 4) is 0 Å². The van der Waals surface area contributed by atoms with E-state index in [2.05, 4.69) is 10.6 Å². The summed E-state index contributed by atoms with van der Waals surface area (Å²) in [5.41, 5.74) is 9.47. The molecular weight excluding hydrogens is 990 g/mol. The molecule has 0 radical (unpaired) electrons. The van der Waals surface area contributed by atoms with Gasteiger partial charge in [-0.15, -0.1) is 0 Å². The Kier molecular flexibility index (Phi) is 19.3. The molecular formula is C59H73Cl2N7O7. The maximum absolute atomic E-state index is 13.9. The third-order valence-electron chi connectivity index (χ3n) is 15.3. The normalized spacial score (nSPS) is 19.8. The van der Waals surface area contributed by atoms with Crippen molar-refractivity contribution < 1.29 is 33.9 Å². The largest absolute Gasteiger partial charge is 0.481 e. The molecule has 2 fully saturated rings. The van der Waals surface area contributed by atoms with E-state index in [9.17, 15) is 33.9 Å². The van der Waals surface area contributed by atoms with Gasteiger partial charge < -0.3 is 31.3 Å². The summed E-state index contributed by atoms with van der Waals surface area (Å²) in [6.45, 7) is 8.01. The lowest BCUT2D eigenvalue weighted by molar-refractivity contribution is -0.160. The SMILES string of the molecule is C.CC(C)CC(C(=O)NC1N=C(c2ccc(Cl)cc2)c2ccccc2N(C)C1=O)C1(C(=O)O)CCCCC1.CC(C)CC(C(=O)NC1N=C(c2ccc(Cl)cc2)c2ccccc2N(C)C1=O)C1(C(N)=O)CCCCC1. The van der Waals surface area contributed by atoms with Crippen LogP contribution >= 0.6 is 23.2 Å². The number of carboxylic acid groups (broad SMARTS) is 1. The van der Waals surface area contributed by atoms with Gasteiger partial charge in [0.15, 0.2) is 0 Å². The molecule has 2 aliphatic heterocycles. The fourth-order valence-electron chi connectivity index (χ4n) is 11.3. The number of nitrogens with zero attached hydrogens (tertiary/aromatic N) is 4. The molecule has 2 aliphatic carbocycles. The average molecular weight is 1060 g/mol. The molecule has 14 nitrogen and oxygen atoms in total. The van der Waals surface area contributed by atoms with Crippen molar-refractivity contribution in [3.05, 3.63) is 129 Å². The number of para-hydroxylation sites is 2. The van der Waals surface area contributed by atoms with Crippen LogP contribution in [0.25, 0.3) is 0 Å². The quantitative estimate of drug-likeness (QED) is 0.0961. The lowest BCUT2D eigenvalue weighted by Gasteiger charge is -2.41. The number of anilines is 2. The molecule has 2 heterocycles. The van der Waals surface area contributed by atoms with Crippen LogP contribution in [0.4, 0.5) is 11.4 Å². The van der Waals surface area contributed by atoms with E-state index in [0.29, 0.717) is 71.4 Å². The number of primary amides is 1. The number of nitrogens with two attached hydrogens (primary N) is 1. The van der Waals surface area contributed by atoms with E-state index in [0.717, 1.165) is 60.8 Å². The van der Waals surface area contributed by atoms with Crippen molar-refractivity contribution in [1.29, 1.82) is 0 Å². The molecule has 5 N–H and O–H groups in total. The highest BCUT2D eigenvalue weighted by atomic mass is 35.5. The summed E-state index contributed by atoms with van der Waals surface area (Å²) in [5, 5.41) is 17.2. The van der Waals surface area contributed by atoms with Gasteiger partial charge in [0, 0.05) is 46.4 Å². The Labute approximate surface area is 451 Å². The van der Waals surface area contributed by atoms with Crippen LogP contribution in [0.1, 0.15) is 134 Å². The highest BCUT2D eigenvalue weighted by molar-refractivity contribution is 6.31. The smallest absolute Gasteiger partial charge is 0.310 e. The number of aliphatic imine (C=N–C) groups is 2. The van der Waals surface area contributed by atoms with Gasteiger partial charge in [0.05, 0.1) is 45.5 Å². The zero-order valence-electron chi connectivity index (χ0n) is 43.2. The molecule has 0 bridgehead atoms. The van der Waals surface area contributed by atoms with Crippen LogP contribution in [0.15, 0.2) is 107 Å². The molecule has 5 amide bonds. The monoisotopic (exact) mass is 1060 g/mol. The van der Waals surface area contributed by atoms with Gasteiger partial charge in [-0.05, 0) is 86.8 Å². The highest BCUT2D eigenvalue weighted by Gasteiger charge is 2.51. The first-order valence-corrected chi connectivity index (χ1v) is 26.6. The standard InChI is InChI=1S/C29H35ClN4O3.C29H34ClN3O4.CH4/c1-18(2)17-22(29(28(31)37)15-7-4-8-16-29)26(35)33-25-27(36)34(3)23-10-6-5-9-21(23)24(32-25)19-11-13-20(30)14-12-19;1-18(2)17-22(29(28(36)37)15-7-4-8-16-29)26(34)32-25-27(35)33(3)23-10-6-5-9-21(23)24(31-25)19-11-13-20(30)14-12-19;/h5-6,9-14,18,22,25H,4,7-8,15-17H2,1-3H3,(H2,31,37)(H,33,35);5-6,9-14,18,22,25H,4,7-8,15-17H2,1-3H3,(H,32,34)(H,36,37);1H4. The minimum Gasteiger partial charge on any atom is -0.481 e. The Morgan fingerprint density at radius 1 is 0.600 bits per heavy atom. The highest BCUT2D eigenvalue weighted by Crippen LogP contribution is 2.47. The number of fused-ring (bicyclic) bond motifs is 2. The van der Waals surface area contributed by atoms with E-state index in [1.165, 1.54) is 9.80 Å². The number of halogens is 2. The second kappa shape index (κ2) is 25.0. The summed E-state index contributed by atoms with van der Waals surface area (Å²) in [6.07, 6.45) is 5.86. The van der Waals surface area contributed by atoms with Gasteiger partial charge in [0.1, 0.15) is 0 Å². The second-order valence-electron chi connectivity index (χ2n) is 21.1. The molecule has 4 aromatic carbocycles. The molecule has 16 heteroatoms. The summed E-state index contributed by atoms with van der Waals surface area (Å²) >= 11 is 12.2. The number of carboxylic acids is 1. The third-order valence-corrected chi connectivity index (χ3v) is 15.8. The number of hydrogen-bond donors (Lipinski definition) is 4. The van der Waals surface area contributed by atoms with E-state index >= 15 is 0 Å². The van der Waals surface area contributed by atoms with Crippen LogP contribution < -0.4 is 26.2 Å². The molecule has 2 saturated carbocycles. The van der Waals surface area contributed by atoms with Crippen LogP contribution in [0, 0.1) is 34.5 Å². The number of rotatable bonds is 14. The third kappa shape index (κ3) is 12.7. The van der Waals surface area contributed by atoms with Crippen molar-refractivity contribution in [3.63, 3.8) is 0 Å². The fraction of sp³-hybridized carbons (Fsp3) is 0.458. The predicted molar refractivity (Wildman–Crippen MR) is 298 cm³/mol. The molecule has 400 valence electrons. The Morgan fingerprint density at radius 2 is 0.947 bits per heavy atom. The van der Waals surface area contributed by atoms with Gasteiger partial charge in [0.2, 0.25) is 30.1 Å². The number of amides is 5. The Balaban J connectivity index is 0.000000241. The van der Waals surface area contributed by atoms with Gasteiger partial charge in [-0.1, -0.05) is 158 Å². The van der Waals surface area contributed by atoms with E-state index in [1.807, 2.05) is 100 Å². The molecule has 4 aromatic rings. The molecule has 0 aromatic heterocycles. The van der Waals surface area contributed by atoms with Gasteiger partial charge in [-0.25, -0.2) is 9.98 Å². The first kappa shape index (κ1) is 57.9.